The van der Waals surface area contributed by atoms with Crippen LogP contribution in [-0.2, 0) is 18.3 Å². The van der Waals surface area contributed by atoms with Gasteiger partial charge in [0.05, 0.1) is 17.7 Å². The van der Waals surface area contributed by atoms with Gasteiger partial charge in [-0.2, -0.15) is 5.10 Å². The van der Waals surface area contributed by atoms with Crippen LogP contribution in [0.15, 0.2) is 24.4 Å². The lowest BCUT2D eigenvalue weighted by atomic mass is 10.1. The first-order valence-corrected chi connectivity index (χ1v) is 7.11. The van der Waals surface area contributed by atoms with Crippen LogP contribution in [0.3, 0.4) is 0 Å². The first-order chi connectivity index (χ1) is 10.9. The molecule has 122 valence electrons. The van der Waals surface area contributed by atoms with Crippen molar-refractivity contribution >= 4 is 17.3 Å². The summed E-state index contributed by atoms with van der Waals surface area (Å²) in [6.45, 7) is 4.25. The number of aryl methyl sites for hydroxylation is 1. The largest absolute Gasteiger partial charge is 0.462 e. The highest BCUT2D eigenvalue weighted by Crippen LogP contribution is 2.24. The molecule has 2 rings (SSSR count). The van der Waals surface area contributed by atoms with Gasteiger partial charge in [-0.1, -0.05) is 0 Å². The van der Waals surface area contributed by atoms with E-state index in [2.05, 4.69) is 10.4 Å². The number of benzene rings is 1. The Morgan fingerprint density at radius 2 is 2.22 bits per heavy atom. The first-order valence-electron chi connectivity index (χ1n) is 7.11. The van der Waals surface area contributed by atoms with E-state index in [4.69, 9.17) is 4.74 Å². The molecule has 0 unspecified atom stereocenters. The van der Waals surface area contributed by atoms with Crippen LogP contribution in [0.25, 0.3) is 0 Å². The standard InChI is InChI=1S/C15H18N4O4/c1-4-23-15(20)13-7-12(5-6-14(13)19(21)22)16-8-11-9-17-18(3)10(11)2/h5-7,9,16H,4,8H2,1-3H3. The van der Waals surface area contributed by atoms with Crippen molar-refractivity contribution in [1.29, 1.82) is 0 Å². The molecule has 8 heteroatoms. The molecular weight excluding hydrogens is 300 g/mol. The van der Waals surface area contributed by atoms with Crippen molar-refractivity contribution in [3.05, 3.63) is 51.3 Å². The predicted octanol–water partition coefficient (Wildman–Crippen LogP) is 2.43. The van der Waals surface area contributed by atoms with Gasteiger partial charge >= 0.3 is 5.97 Å². The first kappa shape index (κ1) is 16.5. The van der Waals surface area contributed by atoms with Gasteiger partial charge in [0.1, 0.15) is 5.56 Å². The Morgan fingerprint density at radius 3 is 2.78 bits per heavy atom. The summed E-state index contributed by atoms with van der Waals surface area (Å²) in [6.07, 6.45) is 1.75. The monoisotopic (exact) mass is 318 g/mol. The second-order valence-corrected chi connectivity index (χ2v) is 4.94. The van der Waals surface area contributed by atoms with Crippen LogP contribution in [0.5, 0.6) is 0 Å². The number of anilines is 1. The molecule has 0 amide bonds. The topological polar surface area (TPSA) is 99.3 Å². The maximum absolute atomic E-state index is 11.9. The third-order valence-corrected chi connectivity index (χ3v) is 3.51. The Labute approximate surface area is 133 Å². The summed E-state index contributed by atoms with van der Waals surface area (Å²) in [6, 6.07) is 4.29. The summed E-state index contributed by atoms with van der Waals surface area (Å²) in [5, 5.41) is 18.3. The van der Waals surface area contributed by atoms with Gasteiger partial charge in [-0.3, -0.25) is 14.8 Å². The van der Waals surface area contributed by atoms with E-state index in [1.807, 2.05) is 14.0 Å². The molecule has 0 saturated heterocycles. The lowest BCUT2D eigenvalue weighted by Crippen LogP contribution is -2.09. The molecule has 0 atom stereocenters. The Morgan fingerprint density at radius 1 is 1.48 bits per heavy atom. The molecule has 1 N–H and O–H groups in total. The predicted molar refractivity (Wildman–Crippen MR) is 84.3 cm³/mol. The fourth-order valence-corrected chi connectivity index (χ4v) is 2.09. The molecular formula is C15H18N4O4. The molecule has 0 aliphatic heterocycles. The zero-order valence-electron chi connectivity index (χ0n) is 13.2. The van der Waals surface area contributed by atoms with Crippen LogP contribution in [0, 0.1) is 17.0 Å². The molecule has 1 aromatic carbocycles. The molecule has 0 aliphatic rings. The second kappa shape index (κ2) is 6.91. The summed E-state index contributed by atoms with van der Waals surface area (Å²) in [5.41, 5.74) is 2.28. The van der Waals surface area contributed by atoms with Crippen molar-refractivity contribution in [1.82, 2.24) is 9.78 Å². The molecule has 2 aromatic rings. The quantitative estimate of drug-likeness (QED) is 0.499. The zero-order valence-corrected chi connectivity index (χ0v) is 13.2. The number of nitrogens with one attached hydrogen (secondary N) is 1. The highest BCUT2D eigenvalue weighted by atomic mass is 16.6. The number of carbonyl (C=O) groups is 1. The lowest BCUT2D eigenvalue weighted by Gasteiger charge is -2.09. The highest BCUT2D eigenvalue weighted by molar-refractivity contribution is 5.95. The molecule has 1 heterocycles. The average Bonchev–Trinajstić information content (AvgIpc) is 2.84. The average molecular weight is 318 g/mol. The number of nitro benzene ring substituents is 1. The van der Waals surface area contributed by atoms with E-state index in [0.29, 0.717) is 12.2 Å². The van der Waals surface area contributed by atoms with Gasteiger partial charge in [0.15, 0.2) is 0 Å². The van der Waals surface area contributed by atoms with Crippen LogP contribution < -0.4 is 5.32 Å². The number of rotatable bonds is 6. The zero-order chi connectivity index (χ0) is 17.0. The van der Waals surface area contributed by atoms with E-state index >= 15 is 0 Å². The van der Waals surface area contributed by atoms with E-state index in [0.717, 1.165) is 11.3 Å². The molecule has 0 fully saturated rings. The third kappa shape index (κ3) is 3.65. The van der Waals surface area contributed by atoms with Gasteiger partial charge in [0, 0.05) is 36.6 Å². The summed E-state index contributed by atoms with van der Waals surface area (Å²) >= 11 is 0. The molecule has 0 radical (unpaired) electrons. The normalized spacial score (nSPS) is 10.4. The Bertz CT molecular complexity index is 739. The molecule has 0 spiro atoms. The van der Waals surface area contributed by atoms with Gasteiger partial charge in [0.2, 0.25) is 0 Å². The second-order valence-electron chi connectivity index (χ2n) is 4.94. The van der Waals surface area contributed by atoms with Gasteiger partial charge in [-0.05, 0) is 26.0 Å². The molecule has 8 nitrogen and oxygen atoms in total. The van der Waals surface area contributed by atoms with Crippen molar-refractivity contribution in [2.75, 3.05) is 11.9 Å². The minimum absolute atomic E-state index is 0.0650. The molecule has 1 aromatic heterocycles. The van der Waals surface area contributed by atoms with Crippen LogP contribution in [0.2, 0.25) is 0 Å². The Hall–Kier alpha value is -2.90. The van der Waals surface area contributed by atoms with E-state index in [1.165, 1.54) is 12.1 Å². The van der Waals surface area contributed by atoms with Crippen molar-refractivity contribution in [2.45, 2.75) is 20.4 Å². The number of nitro groups is 1. The minimum atomic E-state index is -0.708. The Balaban J connectivity index is 2.23. The van der Waals surface area contributed by atoms with Gasteiger partial charge < -0.3 is 10.1 Å². The summed E-state index contributed by atoms with van der Waals surface area (Å²) < 4.78 is 6.64. The van der Waals surface area contributed by atoms with Crippen molar-refractivity contribution in [3.63, 3.8) is 0 Å². The number of carbonyl (C=O) groups excluding carboxylic acids is 1. The van der Waals surface area contributed by atoms with E-state index in [1.54, 1.807) is 23.9 Å². The molecule has 23 heavy (non-hydrogen) atoms. The smallest absolute Gasteiger partial charge is 0.345 e. The number of esters is 1. The maximum atomic E-state index is 11.9. The minimum Gasteiger partial charge on any atom is -0.462 e. The number of hydrogen-bond acceptors (Lipinski definition) is 6. The number of ether oxygens (including phenoxy) is 1. The number of aromatic nitrogens is 2. The molecule has 0 aliphatic carbocycles. The molecule has 0 bridgehead atoms. The highest BCUT2D eigenvalue weighted by Gasteiger charge is 2.21. The van der Waals surface area contributed by atoms with Crippen LogP contribution in [0.4, 0.5) is 11.4 Å². The number of hydrogen-bond donors (Lipinski definition) is 1. The van der Waals surface area contributed by atoms with E-state index < -0.39 is 10.9 Å². The van der Waals surface area contributed by atoms with Gasteiger partial charge in [-0.25, -0.2) is 4.79 Å². The lowest BCUT2D eigenvalue weighted by molar-refractivity contribution is -0.385. The van der Waals surface area contributed by atoms with E-state index in [9.17, 15) is 14.9 Å². The fraction of sp³-hybridized carbons (Fsp3) is 0.333. The summed E-state index contributed by atoms with van der Waals surface area (Å²) in [4.78, 5) is 22.3. The third-order valence-electron chi connectivity index (χ3n) is 3.51. The fourth-order valence-electron chi connectivity index (χ4n) is 2.09. The van der Waals surface area contributed by atoms with Gasteiger partial charge in [0.25, 0.3) is 5.69 Å². The molecule has 0 saturated carbocycles. The van der Waals surface area contributed by atoms with Crippen LogP contribution in [0.1, 0.15) is 28.5 Å². The van der Waals surface area contributed by atoms with Crippen molar-refractivity contribution in [3.8, 4) is 0 Å². The van der Waals surface area contributed by atoms with Crippen LogP contribution >= 0.6 is 0 Å². The Kier molecular flexibility index (Phi) is 4.95. The van der Waals surface area contributed by atoms with Crippen molar-refractivity contribution < 1.29 is 14.5 Å². The van der Waals surface area contributed by atoms with Crippen molar-refractivity contribution in [2.24, 2.45) is 7.05 Å². The van der Waals surface area contributed by atoms with Gasteiger partial charge in [-0.15, -0.1) is 0 Å². The van der Waals surface area contributed by atoms with E-state index in [-0.39, 0.29) is 17.9 Å². The summed E-state index contributed by atoms with van der Waals surface area (Å²) in [7, 11) is 1.85. The van der Waals surface area contributed by atoms with Crippen LogP contribution in [-0.4, -0.2) is 27.3 Å². The maximum Gasteiger partial charge on any atom is 0.345 e. The number of nitrogens with zero attached hydrogens (tertiary/aromatic N) is 3. The summed E-state index contributed by atoms with van der Waals surface area (Å²) in [5.74, 6) is -0.708. The SMILES string of the molecule is CCOC(=O)c1cc(NCc2cnn(C)c2C)ccc1[N+](=O)[O-].